The predicted octanol–water partition coefficient (Wildman–Crippen LogP) is 2.68. The van der Waals surface area contributed by atoms with Gasteiger partial charge in [0.05, 0.1) is 6.20 Å². The van der Waals surface area contributed by atoms with Crippen LogP contribution in [0.3, 0.4) is 0 Å². The number of hydrogen-bond acceptors (Lipinski definition) is 1. The second-order valence-electron chi connectivity index (χ2n) is 2.05. The van der Waals surface area contributed by atoms with Crippen molar-refractivity contribution in [2.75, 3.05) is 0 Å². The molecule has 1 heterocycles. The van der Waals surface area contributed by atoms with Crippen molar-refractivity contribution in [2.45, 2.75) is 11.8 Å². The molecule has 0 fully saturated rings. The van der Waals surface area contributed by atoms with Gasteiger partial charge in [0.1, 0.15) is 5.82 Å². The van der Waals surface area contributed by atoms with Gasteiger partial charge in [-0.05, 0) is 18.6 Å². The lowest BCUT2D eigenvalue weighted by atomic mass is 10.2. The fourth-order valence-corrected chi connectivity index (χ4v) is 0.896. The van der Waals surface area contributed by atoms with Crippen molar-refractivity contribution in [3.8, 4) is 0 Å². The maximum absolute atomic E-state index is 12.4. The number of pyridine rings is 1. The number of halogens is 2. The Kier molecular flexibility index (Phi) is 2.38. The van der Waals surface area contributed by atoms with E-state index in [1.165, 1.54) is 12.3 Å². The van der Waals surface area contributed by atoms with Crippen LogP contribution in [-0.4, -0.2) is 4.98 Å². The molecule has 0 saturated carbocycles. The lowest BCUT2D eigenvalue weighted by Crippen LogP contribution is -1.86. The van der Waals surface area contributed by atoms with E-state index in [-0.39, 0.29) is 10.6 Å². The van der Waals surface area contributed by atoms with Gasteiger partial charge in [-0.15, -0.1) is 0 Å². The molecule has 0 radical (unpaired) electrons. The molecule has 0 saturated heterocycles. The Bertz CT molecular complexity index is 225. The third kappa shape index (κ3) is 1.77. The molecule has 1 aromatic heterocycles. The van der Waals surface area contributed by atoms with E-state index in [4.69, 9.17) is 0 Å². The third-order valence-electron chi connectivity index (χ3n) is 1.19. The molecular weight excluding hydrogens is 197 g/mol. The monoisotopic (exact) mass is 203 g/mol. The van der Waals surface area contributed by atoms with Gasteiger partial charge < -0.3 is 0 Å². The van der Waals surface area contributed by atoms with Gasteiger partial charge in [-0.1, -0.05) is 15.9 Å². The molecule has 54 valence electrons. The van der Waals surface area contributed by atoms with Crippen LogP contribution in [0.25, 0.3) is 0 Å². The Morgan fingerprint density at radius 3 is 2.70 bits per heavy atom. The van der Waals surface area contributed by atoms with E-state index in [2.05, 4.69) is 20.9 Å². The molecule has 0 spiro atoms. The van der Waals surface area contributed by atoms with E-state index in [0.29, 0.717) is 0 Å². The third-order valence-corrected chi connectivity index (χ3v) is 1.71. The standard InChI is InChI=1S/C7H7BrFN/c1-5(8)6-2-7(9)4-10-3-6/h2-5H,1H3. The number of rotatable bonds is 1. The van der Waals surface area contributed by atoms with Crippen molar-refractivity contribution < 1.29 is 4.39 Å². The lowest BCUT2D eigenvalue weighted by molar-refractivity contribution is 0.618. The minimum Gasteiger partial charge on any atom is -0.261 e. The number of aromatic nitrogens is 1. The Morgan fingerprint density at radius 1 is 1.60 bits per heavy atom. The SMILES string of the molecule is CC(Br)c1cncc(F)c1. The molecule has 10 heavy (non-hydrogen) atoms. The van der Waals surface area contributed by atoms with Crippen LogP contribution in [0.1, 0.15) is 17.3 Å². The predicted molar refractivity (Wildman–Crippen MR) is 41.5 cm³/mol. The van der Waals surface area contributed by atoms with E-state index in [1.807, 2.05) is 6.92 Å². The Balaban J connectivity index is 2.96. The van der Waals surface area contributed by atoms with Gasteiger partial charge in [-0.25, -0.2) is 4.39 Å². The van der Waals surface area contributed by atoms with Crippen LogP contribution in [0.2, 0.25) is 0 Å². The Labute approximate surface area is 67.4 Å². The normalized spacial score (nSPS) is 13.1. The van der Waals surface area contributed by atoms with Crippen molar-refractivity contribution in [3.05, 3.63) is 29.8 Å². The summed E-state index contributed by atoms with van der Waals surface area (Å²) in [6, 6.07) is 1.46. The first-order chi connectivity index (χ1) is 4.70. The van der Waals surface area contributed by atoms with Gasteiger partial charge >= 0.3 is 0 Å². The largest absolute Gasteiger partial charge is 0.261 e. The Morgan fingerprint density at radius 2 is 2.30 bits per heavy atom. The summed E-state index contributed by atoms with van der Waals surface area (Å²) in [5.74, 6) is -0.288. The number of alkyl halides is 1. The molecule has 1 atom stereocenters. The van der Waals surface area contributed by atoms with E-state index in [9.17, 15) is 4.39 Å². The molecule has 1 rings (SSSR count). The zero-order valence-corrected chi connectivity index (χ0v) is 7.10. The van der Waals surface area contributed by atoms with E-state index in [1.54, 1.807) is 6.20 Å². The summed E-state index contributed by atoms with van der Waals surface area (Å²) < 4.78 is 12.4. The fourth-order valence-electron chi connectivity index (χ4n) is 0.646. The number of nitrogens with zero attached hydrogens (tertiary/aromatic N) is 1. The topological polar surface area (TPSA) is 12.9 Å². The summed E-state index contributed by atoms with van der Waals surface area (Å²) in [4.78, 5) is 3.86. The molecule has 3 heteroatoms. The maximum Gasteiger partial charge on any atom is 0.141 e. The minimum atomic E-state index is -0.288. The molecule has 0 N–H and O–H groups in total. The van der Waals surface area contributed by atoms with Crippen molar-refractivity contribution in [1.29, 1.82) is 0 Å². The highest BCUT2D eigenvalue weighted by atomic mass is 79.9. The van der Waals surface area contributed by atoms with E-state index < -0.39 is 0 Å². The molecule has 0 aliphatic carbocycles. The van der Waals surface area contributed by atoms with Crippen LogP contribution >= 0.6 is 15.9 Å². The maximum atomic E-state index is 12.4. The average molecular weight is 204 g/mol. The molecule has 1 nitrogen and oxygen atoms in total. The second-order valence-corrected chi connectivity index (χ2v) is 3.43. The molecule has 0 aromatic carbocycles. The lowest BCUT2D eigenvalue weighted by Gasteiger charge is -2.00. The van der Waals surface area contributed by atoms with Crippen molar-refractivity contribution in [1.82, 2.24) is 4.98 Å². The zero-order chi connectivity index (χ0) is 7.56. The summed E-state index contributed by atoms with van der Waals surface area (Å²) in [7, 11) is 0. The van der Waals surface area contributed by atoms with Gasteiger partial charge in [0.25, 0.3) is 0 Å². The zero-order valence-electron chi connectivity index (χ0n) is 5.51. The fraction of sp³-hybridized carbons (Fsp3) is 0.286. The van der Waals surface area contributed by atoms with E-state index in [0.717, 1.165) is 5.56 Å². The highest BCUT2D eigenvalue weighted by Crippen LogP contribution is 2.20. The summed E-state index contributed by atoms with van der Waals surface area (Å²) in [6.07, 6.45) is 2.83. The molecule has 0 amide bonds. The molecule has 0 aliphatic heterocycles. The van der Waals surface area contributed by atoms with Crippen LogP contribution in [-0.2, 0) is 0 Å². The van der Waals surface area contributed by atoms with Gasteiger partial charge in [0, 0.05) is 11.0 Å². The smallest absolute Gasteiger partial charge is 0.141 e. The van der Waals surface area contributed by atoms with Gasteiger partial charge in [-0.3, -0.25) is 4.98 Å². The van der Waals surface area contributed by atoms with Crippen molar-refractivity contribution in [3.63, 3.8) is 0 Å². The molecule has 1 unspecified atom stereocenters. The molecule has 0 bridgehead atoms. The van der Waals surface area contributed by atoms with Gasteiger partial charge in [0.2, 0.25) is 0 Å². The van der Waals surface area contributed by atoms with Crippen molar-refractivity contribution >= 4 is 15.9 Å². The molecule has 0 aliphatic rings. The molecule has 1 aromatic rings. The minimum absolute atomic E-state index is 0.163. The van der Waals surface area contributed by atoms with Crippen LogP contribution in [0.4, 0.5) is 4.39 Å². The quantitative estimate of drug-likeness (QED) is 0.640. The highest BCUT2D eigenvalue weighted by Gasteiger charge is 2.00. The first kappa shape index (κ1) is 7.66. The summed E-state index contributed by atoms with van der Waals surface area (Å²) in [5.41, 5.74) is 0.861. The van der Waals surface area contributed by atoms with Gasteiger partial charge in [-0.2, -0.15) is 0 Å². The van der Waals surface area contributed by atoms with Crippen LogP contribution in [0.5, 0.6) is 0 Å². The summed E-state index contributed by atoms with van der Waals surface area (Å²) in [5, 5.41) is 0. The van der Waals surface area contributed by atoms with E-state index >= 15 is 0 Å². The summed E-state index contributed by atoms with van der Waals surface area (Å²) in [6.45, 7) is 1.93. The van der Waals surface area contributed by atoms with Crippen LogP contribution in [0.15, 0.2) is 18.5 Å². The Hall–Kier alpha value is -0.440. The van der Waals surface area contributed by atoms with Gasteiger partial charge in [0.15, 0.2) is 0 Å². The summed E-state index contributed by atoms with van der Waals surface area (Å²) >= 11 is 3.31. The van der Waals surface area contributed by atoms with Crippen molar-refractivity contribution in [2.24, 2.45) is 0 Å². The first-order valence-electron chi connectivity index (χ1n) is 2.94. The highest BCUT2D eigenvalue weighted by molar-refractivity contribution is 9.09. The number of hydrogen-bond donors (Lipinski definition) is 0. The first-order valence-corrected chi connectivity index (χ1v) is 3.86. The molecular formula is C7H7BrFN. The average Bonchev–Trinajstić information content (AvgIpc) is 1.88. The van der Waals surface area contributed by atoms with Crippen LogP contribution < -0.4 is 0 Å². The van der Waals surface area contributed by atoms with Crippen LogP contribution in [0, 0.1) is 5.82 Å². The second kappa shape index (κ2) is 3.10.